The first-order valence-electron chi connectivity index (χ1n) is 11.4. The Morgan fingerprint density at radius 2 is 1.77 bits per heavy atom. The predicted molar refractivity (Wildman–Crippen MR) is 129 cm³/mol. The summed E-state index contributed by atoms with van der Waals surface area (Å²) in [6.07, 6.45) is 1.89. The number of hydrogen-bond donors (Lipinski definition) is 0. The summed E-state index contributed by atoms with van der Waals surface area (Å²) in [5.74, 6) is 1.68. The molecule has 2 heterocycles. The maximum Gasteiger partial charge on any atom is 0.494 e. The van der Waals surface area contributed by atoms with Crippen molar-refractivity contribution in [2.75, 3.05) is 6.61 Å². The molecule has 1 aliphatic rings. The van der Waals surface area contributed by atoms with E-state index >= 15 is 0 Å². The van der Waals surface area contributed by atoms with Crippen molar-refractivity contribution >= 4 is 20.7 Å². The average Bonchev–Trinajstić information content (AvgIpc) is 3.16. The summed E-state index contributed by atoms with van der Waals surface area (Å²) >= 11 is 0. The average molecular weight is 443 g/mol. The Labute approximate surface area is 188 Å². The number of aromatic nitrogens is 3. The molecule has 0 radical (unpaired) electrons. The number of nitrogens with zero attached hydrogens (tertiary/aromatic N) is 3. The van der Waals surface area contributed by atoms with E-state index in [-0.39, 0.29) is 11.2 Å². The van der Waals surface area contributed by atoms with Crippen LogP contribution in [0.25, 0.3) is 11.4 Å². The lowest BCUT2D eigenvalue weighted by Crippen LogP contribution is -2.41. The fourth-order valence-electron chi connectivity index (χ4n) is 3.34. The molecule has 0 unspecified atom stereocenters. The highest BCUT2D eigenvalue weighted by atomic mass is 28.3. The van der Waals surface area contributed by atoms with Crippen LogP contribution in [0.5, 0.6) is 0 Å². The molecule has 0 saturated carbocycles. The van der Waals surface area contributed by atoms with Crippen LogP contribution in [0.3, 0.4) is 0 Å². The van der Waals surface area contributed by atoms with E-state index in [2.05, 4.69) is 60.3 Å². The van der Waals surface area contributed by atoms with Crippen LogP contribution >= 0.6 is 0 Å². The third-order valence-electron chi connectivity index (χ3n) is 6.10. The van der Waals surface area contributed by atoms with Gasteiger partial charge in [-0.05, 0) is 45.6 Å². The highest BCUT2D eigenvalue weighted by Gasteiger charge is 2.51. The third-order valence-corrected chi connectivity index (χ3v) is 7.81. The molecular formula is C23H38BN3O3Si. The lowest BCUT2D eigenvalue weighted by Gasteiger charge is -2.32. The van der Waals surface area contributed by atoms with Crippen molar-refractivity contribution < 1.29 is 14.0 Å². The second kappa shape index (κ2) is 9.18. The van der Waals surface area contributed by atoms with E-state index in [0.29, 0.717) is 6.73 Å². The predicted octanol–water partition coefficient (Wildman–Crippen LogP) is 4.51. The number of hydrogen-bond acceptors (Lipinski definition) is 5. The Bertz CT molecular complexity index is 876. The molecule has 3 rings (SSSR count). The van der Waals surface area contributed by atoms with Gasteiger partial charge in [0.1, 0.15) is 12.6 Å². The summed E-state index contributed by atoms with van der Waals surface area (Å²) in [4.78, 5) is 4.82. The maximum absolute atomic E-state index is 6.22. The van der Waals surface area contributed by atoms with Gasteiger partial charge in [0, 0.05) is 26.7 Å². The summed E-state index contributed by atoms with van der Waals surface area (Å²) in [6, 6.07) is 9.31. The highest BCUT2D eigenvalue weighted by molar-refractivity contribution is 6.76. The van der Waals surface area contributed by atoms with Crippen LogP contribution in [0, 0.1) is 0 Å². The van der Waals surface area contributed by atoms with Crippen LogP contribution < -0.4 is 5.46 Å². The van der Waals surface area contributed by atoms with Crippen LogP contribution in [-0.2, 0) is 27.2 Å². The van der Waals surface area contributed by atoms with E-state index in [1.165, 1.54) is 0 Å². The first-order chi connectivity index (χ1) is 14.4. The molecule has 0 atom stereocenters. The van der Waals surface area contributed by atoms with E-state index in [1.54, 1.807) is 0 Å². The Morgan fingerprint density at radius 3 is 2.39 bits per heavy atom. The van der Waals surface area contributed by atoms with E-state index in [0.717, 1.165) is 48.2 Å². The topological polar surface area (TPSA) is 58.4 Å². The molecule has 0 N–H and O–H groups in total. The normalized spacial score (nSPS) is 18.0. The number of rotatable bonds is 9. The minimum absolute atomic E-state index is 0.366. The first kappa shape index (κ1) is 24.2. The molecule has 1 aromatic carbocycles. The molecule has 31 heavy (non-hydrogen) atoms. The van der Waals surface area contributed by atoms with Gasteiger partial charge in [-0.3, -0.25) is 0 Å². The number of aryl methyl sites for hydroxylation is 1. The quantitative estimate of drug-likeness (QED) is 0.422. The lowest BCUT2D eigenvalue weighted by molar-refractivity contribution is 0.00578. The summed E-state index contributed by atoms with van der Waals surface area (Å²) in [5.41, 5.74) is 1.21. The molecule has 170 valence electrons. The van der Waals surface area contributed by atoms with Gasteiger partial charge < -0.3 is 14.0 Å². The van der Waals surface area contributed by atoms with Gasteiger partial charge in [-0.15, -0.1) is 5.10 Å². The minimum atomic E-state index is -1.11. The zero-order valence-electron chi connectivity index (χ0n) is 20.5. The van der Waals surface area contributed by atoms with Crippen molar-refractivity contribution in [2.45, 2.75) is 91.1 Å². The molecule has 0 amide bonds. The SMILES string of the molecule is CCCc1nc(-c2cccc(B3OC(C)(C)C(C)(C)O3)c2)nn1COCC[Si](C)(C)C. The van der Waals surface area contributed by atoms with Gasteiger partial charge in [-0.25, -0.2) is 9.67 Å². The zero-order valence-corrected chi connectivity index (χ0v) is 21.5. The van der Waals surface area contributed by atoms with Gasteiger partial charge in [-0.1, -0.05) is 50.8 Å². The van der Waals surface area contributed by atoms with E-state index in [4.69, 9.17) is 24.1 Å². The largest absolute Gasteiger partial charge is 0.494 e. The minimum Gasteiger partial charge on any atom is -0.399 e. The van der Waals surface area contributed by atoms with Crippen molar-refractivity contribution in [3.8, 4) is 11.4 Å². The Hall–Kier alpha value is -1.48. The second-order valence-corrected chi connectivity index (χ2v) is 16.3. The zero-order chi connectivity index (χ0) is 22.9. The summed E-state index contributed by atoms with van der Waals surface area (Å²) < 4.78 is 20.3. The Balaban J connectivity index is 1.77. The van der Waals surface area contributed by atoms with Gasteiger partial charge in [0.05, 0.1) is 11.2 Å². The molecule has 6 nitrogen and oxygen atoms in total. The first-order valence-corrected chi connectivity index (χ1v) is 15.1. The van der Waals surface area contributed by atoms with Crippen molar-refractivity contribution in [3.63, 3.8) is 0 Å². The van der Waals surface area contributed by atoms with Crippen molar-refractivity contribution in [1.29, 1.82) is 0 Å². The molecule has 0 spiro atoms. The van der Waals surface area contributed by atoms with Gasteiger partial charge >= 0.3 is 7.12 Å². The molecule has 0 bridgehead atoms. The van der Waals surface area contributed by atoms with Gasteiger partial charge in [0.25, 0.3) is 0 Å². The standard InChI is InChI=1S/C23H38BN3O3Si/c1-9-11-20-25-21(26-27(20)17-28-14-15-31(6,7)8)18-12-10-13-19(16-18)24-29-22(2,3)23(4,5)30-24/h10,12-13,16H,9,11,14-15,17H2,1-8H3. The van der Waals surface area contributed by atoms with Crippen LogP contribution in [0.1, 0.15) is 46.9 Å². The molecule has 1 aromatic heterocycles. The monoisotopic (exact) mass is 443 g/mol. The molecule has 1 saturated heterocycles. The van der Waals surface area contributed by atoms with Gasteiger partial charge in [0.2, 0.25) is 0 Å². The smallest absolute Gasteiger partial charge is 0.399 e. The van der Waals surface area contributed by atoms with Crippen LogP contribution in [0.2, 0.25) is 25.7 Å². The molecule has 8 heteroatoms. The number of ether oxygens (including phenoxy) is 1. The molecule has 1 fully saturated rings. The van der Waals surface area contributed by atoms with Gasteiger partial charge in [-0.2, -0.15) is 0 Å². The summed E-state index contributed by atoms with van der Waals surface area (Å²) in [7, 11) is -1.50. The van der Waals surface area contributed by atoms with E-state index < -0.39 is 15.2 Å². The van der Waals surface area contributed by atoms with Crippen molar-refractivity contribution in [3.05, 3.63) is 30.1 Å². The molecule has 2 aromatic rings. The second-order valence-electron chi connectivity index (χ2n) is 10.7. The lowest BCUT2D eigenvalue weighted by atomic mass is 9.78. The van der Waals surface area contributed by atoms with E-state index in [9.17, 15) is 0 Å². The van der Waals surface area contributed by atoms with Crippen molar-refractivity contribution in [2.24, 2.45) is 0 Å². The fourth-order valence-corrected chi connectivity index (χ4v) is 4.10. The summed E-state index contributed by atoms with van der Waals surface area (Å²) in [6.45, 7) is 18.7. The fraction of sp³-hybridized carbons (Fsp3) is 0.652. The Kier molecular flexibility index (Phi) is 7.15. The van der Waals surface area contributed by atoms with Crippen LogP contribution in [0.4, 0.5) is 0 Å². The third kappa shape index (κ3) is 5.86. The Morgan fingerprint density at radius 1 is 1.10 bits per heavy atom. The molecule has 1 aliphatic heterocycles. The van der Waals surface area contributed by atoms with Crippen molar-refractivity contribution in [1.82, 2.24) is 14.8 Å². The maximum atomic E-state index is 6.22. The highest BCUT2D eigenvalue weighted by Crippen LogP contribution is 2.36. The molecular weight excluding hydrogens is 405 g/mol. The summed E-state index contributed by atoms with van der Waals surface area (Å²) in [5, 5.41) is 4.77. The van der Waals surface area contributed by atoms with E-state index in [1.807, 2.05) is 22.9 Å². The van der Waals surface area contributed by atoms with Crippen LogP contribution in [0.15, 0.2) is 24.3 Å². The number of benzene rings is 1. The van der Waals surface area contributed by atoms with Gasteiger partial charge in [0.15, 0.2) is 5.82 Å². The van der Waals surface area contributed by atoms with Crippen LogP contribution in [-0.4, -0.2) is 47.8 Å². The molecule has 0 aliphatic carbocycles.